The molecule has 1 unspecified atom stereocenters. The van der Waals surface area contributed by atoms with Crippen LogP contribution in [0.1, 0.15) is 24.5 Å². The van der Waals surface area contributed by atoms with Gasteiger partial charge in [-0.1, -0.05) is 30.3 Å². The van der Waals surface area contributed by atoms with Gasteiger partial charge in [0, 0.05) is 18.7 Å². The summed E-state index contributed by atoms with van der Waals surface area (Å²) in [5, 5.41) is 11.4. The standard InChI is InChI=1S/C19H20N2O5/c1-25-15-9-10-17(16(13-15)21(23)24)26-18(14-7-3-2-4-8-14)19(22)20-11-5-6-12-20/h2-4,7-10,13,18H,5-6,11-12H2,1H3. The van der Waals surface area contributed by atoms with Gasteiger partial charge >= 0.3 is 5.69 Å². The third kappa shape index (κ3) is 3.77. The first-order valence-electron chi connectivity index (χ1n) is 8.43. The van der Waals surface area contributed by atoms with Crippen LogP contribution in [-0.4, -0.2) is 35.9 Å². The van der Waals surface area contributed by atoms with Gasteiger partial charge in [-0.15, -0.1) is 0 Å². The number of nitro groups is 1. The molecular formula is C19H20N2O5. The van der Waals surface area contributed by atoms with Crippen molar-refractivity contribution in [1.29, 1.82) is 0 Å². The van der Waals surface area contributed by atoms with Crippen LogP contribution in [0.15, 0.2) is 48.5 Å². The lowest BCUT2D eigenvalue weighted by atomic mass is 10.1. The Morgan fingerprint density at radius 2 is 1.85 bits per heavy atom. The van der Waals surface area contributed by atoms with Gasteiger partial charge < -0.3 is 14.4 Å². The molecule has 26 heavy (non-hydrogen) atoms. The van der Waals surface area contributed by atoms with E-state index in [1.807, 2.05) is 18.2 Å². The van der Waals surface area contributed by atoms with Crippen molar-refractivity contribution in [2.24, 2.45) is 0 Å². The van der Waals surface area contributed by atoms with Gasteiger partial charge in [0.05, 0.1) is 18.1 Å². The number of carbonyl (C=O) groups is 1. The van der Waals surface area contributed by atoms with Gasteiger partial charge in [-0.3, -0.25) is 14.9 Å². The van der Waals surface area contributed by atoms with E-state index in [9.17, 15) is 14.9 Å². The quantitative estimate of drug-likeness (QED) is 0.586. The van der Waals surface area contributed by atoms with Crippen LogP contribution in [-0.2, 0) is 4.79 Å². The van der Waals surface area contributed by atoms with Crippen molar-refractivity contribution in [3.05, 3.63) is 64.2 Å². The van der Waals surface area contributed by atoms with Gasteiger partial charge in [-0.25, -0.2) is 0 Å². The van der Waals surface area contributed by atoms with E-state index in [1.54, 1.807) is 23.1 Å². The molecule has 1 saturated heterocycles. The maximum atomic E-state index is 13.0. The van der Waals surface area contributed by atoms with Crippen molar-refractivity contribution >= 4 is 11.6 Å². The number of nitrogens with zero attached hydrogens (tertiary/aromatic N) is 2. The zero-order valence-electron chi connectivity index (χ0n) is 14.5. The fourth-order valence-corrected chi connectivity index (χ4v) is 2.99. The SMILES string of the molecule is COc1ccc(OC(C(=O)N2CCCC2)c2ccccc2)c([N+](=O)[O-])c1. The molecule has 0 aliphatic carbocycles. The van der Waals surface area contributed by atoms with Gasteiger partial charge in [-0.2, -0.15) is 0 Å². The Morgan fingerprint density at radius 1 is 1.15 bits per heavy atom. The Kier molecular flexibility index (Phi) is 5.36. The van der Waals surface area contributed by atoms with Gasteiger partial charge in [0.2, 0.25) is 6.10 Å². The van der Waals surface area contributed by atoms with Crippen LogP contribution in [0.4, 0.5) is 5.69 Å². The summed E-state index contributed by atoms with van der Waals surface area (Å²) in [6.07, 6.45) is 0.979. The molecule has 1 aliphatic heterocycles. The minimum atomic E-state index is -0.929. The predicted octanol–water partition coefficient (Wildman–Crippen LogP) is 3.35. The molecule has 0 aromatic heterocycles. The van der Waals surface area contributed by atoms with Gasteiger partial charge in [0.25, 0.3) is 5.91 Å². The molecule has 0 radical (unpaired) electrons. The number of carbonyl (C=O) groups excluding carboxylic acids is 1. The predicted molar refractivity (Wildman–Crippen MR) is 95.3 cm³/mol. The third-order valence-electron chi connectivity index (χ3n) is 4.35. The van der Waals surface area contributed by atoms with E-state index in [0.29, 0.717) is 24.4 Å². The molecule has 0 spiro atoms. The summed E-state index contributed by atoms with van der Waals surface area (Å²) >= 11 is 0. The number of amides is 1. The van der Waals surface area contributed by atoms with Crippen molar-refractivity contribution < 1.29 is 19.2 Å². The highest BCUT2D eigenvalue weighted by atomic mass is 16.6. The number of nitro benzene ring substituents is 1. The average molecular weight is 356 g/mol. The smallest absolute Gasteiger partial charge is 0.314 e. The molecule has 1 fully saturated rings. The van der Waals surface area contributed by atoms with Crippen LogP contribution in [0, 0.1) is 10.1 Å². The first-order chi connectivity index (χ1) is 12.6. The van der Waals surface area contributed by atoms with Gasteiger partial charge in [0.1, 0.15) is 5.75 Å². The van der Waals surface area contributed by atoms with Crippen molar-refractivity contribution in [1.82, 2.24) is 4.90 Å². The summed E-state index contributed by atoms with van der Waals surface area (Å²) < 4.78 is 10.9. The fraction of sp³-hybridized carbons (Fsp3) is 0.316. The third-order valence-corrected chi connectivity index (χ3v) is 4.35. The molecule has 0 saturated carbocycles. The van der Waals surface area contributed by atoms with Crippen LogP contribution in [0.5, 0.6) is 11.5 Å². The van der Waals surface area contributed by atoms with E-state index in [1.165, 1.54) is 19.2 Å². The molecule has 1 atom stereocenters. The average Bonchev–Trinajstić information content (AvgIpc) is 3.21. The number of hydrogen-bond donors (Lipinski definition) is 0. The number of likely N-dealkylation sites (tertiary alicyclic amines) is 1. The van der Waals surface area contributed by atoms with Crippen LogP contribution >= 0.6 is 0 Å². The van der Waals surface area contributed by atoms with Gasteiger partial charge in [0.15, 0.2) is 5.75 Å². The van der Waals surface area contributed by atoms with Crippen LogP contribution in [0.3, 0.4) is 0 Å². The summed E-state index contributed by atoms with van der Waals surface area (Å²) in [6, 6.07) is 13.4. The number of benzene rings is 2. The zero-order chi connectivity index (χ0) is 18.5. The van der Waals surface area contributed by atoms with Gasteiger partial charge in [-0.05, 0) is 25.0 Å². The van der Waals surface area contributed by atoms with E-state index in [4.69, 9.17) is 9.47 Å². The Hall–Kier alpha value is -3.09. The van der Waals surface area contributed by atoms with Crippen molar-refractivity contribution in [3.63, 3.8) is 0 Å². The summed E-state index contributed by atoms with van der Waals surface area (Å²) in [6.45, 7) is 1.35. The molecular weight excluding hydrogens is 336 g/mol. The van der Waals surface area contributed by atoms with Crippen LogP contribution in [0.2, 0.25) is 0 Å². The highest BCUT2D eigenvalue weighted by molar-refractivity contribution is 5.83. The number of rotatable bonds is 6. The molecule has 0 N–H and O–H groups in total. The highest BCUT2D eigenvalue weighted by Crippen LogP contribution is 2.35. The molecule has 0 bridgehead atoms. The number of methoxy groups -OCH3 is 1. The molecule has 1 aliphatic rings. The minimum absolute atomic E-state index is 0.0391. The number of ether oxygens (including phenoxy) is 2. The summed E-state index contributed by atoms with van der Waals surface area (Å²) in [5.74, 6) is 0.210. The van der Waals surface area contributed by atoms with E-state index in [-0.39, 0.29) is 17.3 Å². The Bertz CT molecular complexity index is 788. The Balaban J connectivity index is 1.95. The molecule has 2 aromatic rings. The number of hydrogen-bond acceptors (Lipinski definition) is 5. The van der Waals surface area contributed by atoms with Crippen molar-refractivity contribution in [2.45, 2.75) is 18.9 Å². The molecule has 1 heterocycles. The zero-order valence-corrected chi connectivity index (χ0v) is 14.5. The second-order valence-corrected chi connectivity index (χ2v) is 6.03. The second-order valence-electron chi connectivity index (χ2n) is 6.03. The lowest BCUT2D eigenvalue weighted by Gasteiger charge is -2.24. The largest absolute Gasteiger partial charge is 0.496 e. The maximum Gasteiger partial charge on any atom is 0.314 e. The Labute approximate surface area is 151 Å². The summed E-state index contributed by atoms with van der Waals surface area (Å²) in [5.41, 5.74) is 0.425. The summed E-state index contributed by atoms with van der Waals surface area (Å²) in [4.78, 5) is 25.6. The Morgan fingerprint density at radius 3 is 2.46 bits per heavy atom. The van der Waals surface area contributed by atoms with E-state index >= 15 is 0 Å². The highest BCUT2D eigenvalue weighted by Gasteiger charge is 2.31. The van der Waals surface area contributed by atoms with Crippen LogP contribution in [0.25, 0.3) is 0 Å². The molecule has 1 amide bonds. The molecule has 2 aromatic carbocycles. The first kappa shape index (κ1) is 17.7. The molecule has 7 heteroatoms. The first-order valence-corrected chi connectivity index (χ1v) is 8.43. The fourth-order valence-electron chi connectivity index (χ4n) is 2.99. The maximum absolute atomic E-state index is 13.0. The topological polar surface area (TPSA) is 81.9 Å². The summed E-state index contributed by atoms with van der Waals surface area (Å²) in [7, 11) is 1.43. The molecule has 136 valence electrons. The van der Waals surface area contributed by atoms with Crippen molar-refractivity contribution in [3.8, 4) is 11.5 Å². The minimum Gasteiger partial charge on any atom is -0.496 e. The molecule has 3 rings (SSSR count). The van der Waals surface area contributed by atoms with E-state index in [2.05, 4.69) is 0 Å². The van der Waals surface area contributed by atoms with Crippen molar-refractivity contribution in [2.75, 3.05) is 20.2 Å². The normalized spacial score (nSPS) is 14.7. The second kappa shape index (κ2) is 7.86. The monoisotopic (exact) mass is 356 g/mol. The molecule has 7 nitrogen and oxygen atoms in total. The van der Waals surface area contributed by atoms with E-state index < -0.39 is 11.0 Å². The van der Waals surface area contributed by atoms with Crippen LogP contribution < -0.4 is 9.47 Å². The lowest BCUT2D eigenvalue weighted by molar-refractivity contribution is -0.386. The van der Waals surface area contributed by atoms with E-state index in [0.717, 1.165) is 12.8 Å². The lowest BCUT2D eigenvalue weighted by Crippen LogP contribution is -2.35.